The average Bonchev–Trinajstić information content (AvgIpc) is 2.08. The Hall–Kier alpha value is 0.750. The molecule has 0 aromatic heterocycles. The van der Waals surface area contributed by atoms with Crippen LogP contribution in [0.25, 0.3) is 0 Å². The minimum absolute atomic E-state index is 0. The van der Waals surface area contributed by atoms with E-state index in [1.807, 2.05) is 0 Å². The van der Waals surface area contributed by atoms with Gasteiger partial charge in [-0.3, -0.25) is 0 Å². The molecule has 3 nitrogen and oxygen atoms in total. The number of hydrogen-bond donors (Lipinski definition) is 3. The Kier molecular flexibility index (Phi) is 23.4. The maximum atomic E-state index is 3.40. The van der Waals surface area contributed by atoms with E-state index in [0.717, 1.165) is 39.3 Å². The third kappa shape index (κ3) is 12.8. The van der Waals surface area contributed by atoms with Crippen molar-refractivity contribution < 1.29 is 0 Å². The highest BCUT2D eigenvalue weighted by molar-refractivity contribution is 5.86. The Bertz CT molecular complexity index is 57.8. The fraction of sp³-hybridized carbons (Fsp3) is 1.00. The molecule has 0 aliphatic carbocycles. The average molecular weight is 267 g/mol. The van der Waals surface area contributed by atoms with Gasteiger partial charge in [-0.2, -0.15) is 0 Å². The van der Waals surface area contributed by atoms with Crippen LogP contribution in [0, 0.1) is 0 Å². The Morgan fingerprint density at radius 1 is 0.429 bits per heavy atom. The van der Waals surface area contributed by atoms with Gasteiger partial charge < -0.3 is 16.0 Å². The maximum absolute atomic E-state index is 3.40. The van der Waals surface area contributed by atoms with Crippen LogP contribution in [0.1, 0.15) is 12.8 Å². The molecule has 0 amide bonds. The van der Waals surface area contributed by atoms with Gasteiger partial charge in [0.05, 0.1) is 0 Å². The van der Waals surface area contributed by atoms with Crippen molar-refractivity contribution in [2.24, 2.45) is 0 Å². The second-order valence-electron chi connectivity index (χ2n) is 2.96. The Balaban J connectivity index is -0.000000403. The fourth-order valence-corrected chi connectivity index (χ4v) is 1.23. The van der Waals surface area contributed by atoms with Crippen molar-refractivity contribution in [3.05, 3.63) is 0 Å². The summed E-state index contributed by atoms with van der Waals surface area (Å²) in [5.74, 6) is 0. The summed E-state index contributed by atoms with van der Waals surface area (Å²) in [6, 6.07) is 0. The van der Waals surface area contributed by atoms with E-state index in [9.17, 15) is 0 Å². The van der Waals surface area contributed by atoms with Gasteiger partial charge in [-0.25, -0.2) is 0 Å². The first-order valence-corrected chi connectivity index (χ1v) is 4.62. The monoisotopic (exact) mass is 265 g/mol. The number of halogens is 3. The molecule has 1 heterocycles. The first-order chi connectivity index (χ1) is 5.50. The molecule has 1 aliphatic heterocycles. The standard InChI is InChI=1S/C8H19N3.3ClH/c1-3-9-4-2-6-11-8-7-10-5-1;;;/h9-11H,1-8H2;3*1H. The molecule has 1 rings (SSSR count). The van der Waals surface area contributed by atoms with E-state index in [1.165, 1.54) is 12.8 Å². The largest absolute Gasteiger partial charge is 0.317 e. The molecule has 1 aliphatic rings. The molecule has 0 aromatic rings. The summed E-state index contributed by atoms with van der Waals surface area (Å²) in [5.41, 5.74) is 0. The smallest absolute Gasteiger partial charge is 0.00767 e. The zero-order valence-electron chi connectivity index (χ0n) is 8.38. The lowest BCUT2D eigenvalue weighted by Gasteiger charge is -2.02. The normalized spacial score (nSPS) is 18.9. The highest BCUT2D eigenvalue weighted by atomic mass is 35.5. The van der Waals surface area contributed by atoms with Gasteiger partial charge in [-0.05, 0) is 39.0 Å². The van der Waals surface area contributed by atoms with Crippen LogP contribution < -0.4 is 16.0 Å². The van der Waals surface area contributed by atoms with Gasteiger partial charge in [0, 0.05) is 13.1 Å². The quantitative estimate of drug-likeness (QED) is 0.607. The van der Waals surface area contributed by atoms with E-state index in [4.69, 9.17) is 0 Å². The van der Waals surface area contributed by atoms with E-state index < -0.39 is 0 Å². The number of hydrogen-bond acceptors (Lipinski definition) is 3. The van der Waals surface area contributed by atoms with Gasteiger partial charge in [-0.15, -0.1) is 37.2 Å². The highest BCUT2D eigenvalue weighted by Gasteiger charge is 1.92. The predicted molar refractivity (Wildman–Crippen MR) is 69.6 cm³/mol. The summed E-state index contributed by atoms with van der Waals surface area (Å²) >= 11 is 0. The van der Waals surface area contributed by atoms with Crippen LogP contribution in [0.2, 0.25) is 0 Å². The molecule has 1 saturated heterocycles. The molecule has 6 heteroatoms. The minimum atomic E-state index is 0. The highest BCUT2D eigenvalue weighted by Crippen LogP contribution is 1.78. The van der Waals surface area contributed by atoms with E-state index in [2.05, 4.69) is 16.0 Å². The Morgan fingerprint density at radius 2 is 0.714 bits per heavy atom. The molecule has 0 saturated carbocycles. The summed E-state index contributed by atoms with van der Waals surface area (Å²) in [4.78, 5) is 0. The van der Waals surface area contributed by atoms with Crippen LogP contribution >= 0.6 is 37.2 Å². The van der Waals surface area contributed by atoms with Gasteiger partial charge in [0.2, 0.25) is 0 Å². The zero-order chi connectivity index (χ0) is 7.78. The van der Waals surface area contributed by atoms with E-state index in [-0.39, 0.29) is 37.2 Å². The second kappa shape index (κ2) is 16.2. The third-order valence-corrected chi connectivity index (χ3v) is 1.89. The summed E-state index contributed by atoms with van der Waals surface area (Å²) in [6.07, 6.45) is 2.50. The summed E-state index contributed by atoms with van der Waals surface area (Å²) in [5, 5.41) is 10.2. The molecule has 1 fully saturated rings. The van der Waals surface area contributed by atoms with Crippen molar-refractivity contribution in [1.82, 2.24) is 16.0 Å². The Labute approximate surface area is 105 Å². The SMILES string of the molecule is C1CNCCCNCCNC1.Cl.Cl.Cl. The van der Waals surface area contributed by atoms with Crippen LogP contribution in [0.15, 0.2) is 0 Å². The van der Waals surface area contributed by atoms with E-state index >= 15 is 0 Å². The topological polar surface area (TPSA) is 36.1 Å². The molecule has 90 valence electrons. The Morgan fingerprint density at radius 3 is 1.07 bits per heavy atom. The van der Waals surface area contributed by atoms with E-state index in [0.29, 0.717) is 0 Å². The van der Waals surface area contributed by atoms with Crippen molar-refractivity contribution in [3.8, 4) is 0 Å². The molecule has 0 aromatic carbocycles. The molecule has 0 bridgehead atoms. The van der Waals surface area contributed by atoms with Crippen molar-refractivity contribution >= 4 is 37.2 Å². The lowest BCUT2D eigenvalue weighted by molar-refractivity contribution is 0.608. The molecule has 0 atom stereocenters. The summed E-state index contributed by atoms with van der Waals surface area (Å²) < 4.78 is 0. The molecule has 3 N–H and O–H groups in total. The molecule has 14 heavy (non-hydrogen) atoms. The number of rotatable bonds is 0. The van der Waals surface area contributed by atoms with Crippen molar-refractivity contribution in [2.75, 3.05) is 39.3 Å². The predicted octanol–water partition coefficient (Wildman–Crippen LogP) is 0.814. The van der Waals surface area contributed by atoms with Crippen LogP contribution in [0.3, 0.4) is 0 Å². The molecule has 0 spiro atoms. The molecule has 0 unspecified atom stereocenters. The number of nitrogens with one attached hydrogen (secondary N) is 3. The van der Waals surface area contributed by atoms with E-state index in [1.54, 1.807) is 0 Å². The second-order valence-corrected chi connectivity index (χ2v) is 2.96. The maximum Gasteiger partial charge on any atom is 0.00767 e. The molecule has 0 radical (unpaired) electrons. The minimum Gasteiger partial charge on any atom is -0.317 e. The first-order valence-electron chi connectivity index (χ1n) is 4.62. The van der Waals surface area contributed by atoms with Crippen LogP contribution in [0.4, 0.5) is 0 Å². The zero-order valence-corrected chi connectivity index (χ0v) is 10.8. The van der Waals surface area contributed by atoms with Crippen LogP contribution in [-0.2, 0) is 0 Å². The summed E-state index contributed by atoms with van der Waals surface area (Å²) in [6.45, 7) is 6.84. The third-order valence-electron chi connectivity index (χ3n) is 1.89. The first kappa shape index (κ1) is 20.2. The van der Waals surface area contributed by atoms with Gasteiger partial charge in [-0.1, -0.05) is 0 Å². The van der Waals surface area contributed by atoms with Gasteiger partial charge in [0.15, 0.2) is 0 Å². The van der Waals surface area contributed by atoms with Crippen molar-refractivity contribution in [1.29, 1.82) is 0 Å². The van der Waals surface area contributed by atoms with Crippen LogP contribution in [0.5, 0.6) is 0 Å². The summed E-state index contributed by atoms with van der Waals surface area (Å²) in [7, 11) is 0. The lowest BCUT2D eigenvalue weighted by atomic mass is 10.4. The lowest BCUT2D eigenvalue weighted by Crippen LogP contribution is -2.28. The molecular weight excluding hydrogens is 244 g/mol. The van der Waals surface area contributed by atoms with Gasteiger partial charge in [0.25, 0.3) is 0 Å². The van der Waals surface area contributed by atoms with Crippen molar-refractivity contribution in [3.63, 3.8) is 0 Å². The van der Waals surface area contributed by atoms with Crippen molar-refractivity contribution in [2.45, 2.75) is 12.8 Å². The van der Waals surface area contributed by atoms with Gasteiger partial charge >= 0.3 is 0 Å². The van der Waals surface area contributed by atoms with Crippen LogP contribution in [-0.4, -0.2) is 39.3 Å². The molecular formula is C8H22Cl3N3. The van der Waals surface area contributed by atoms with Gasteiger partial charge in [0.1, 0.15) is 0 Å². The fourth-order valence-electron chi connectivity index (χ4n) is 1.23.